The molecule has 0 radical (unpaired) electrons. The van der Waals surface area contributed by atoms with Crippen LogP contribution in [0.15, 0.2) is 55.6 Å². The molecule has 3 heterocycles. The van der Waals surface area contributed by atoms with Gasteiger partial charge in [-0.15, -0.1) is 13.2 Å². The summed E-state index contributed by atoms with van der Waals surface area (Å²) < 4.78 is 12.2. The summed E-state index contributed by atoms with van der Waals surface area (Å²) in [5.41, 5.74) is -0.432. The highest BCUT2D eigenvalue weighted by Crippen LogP contribution is 2.59. The number of aliphatic hydroxyl groups is 1. The van der Waals surface area contributed by atoms with Gasteiger partial charge in [0.05, 0.1) is 36.6 Å². The van der Waals surface area contributed by atoms with Crippen LogP contribution in [0.5, 0.6) is 0 Å². The third kappa shape index (κ3) is 6.93. The fourth-order valence-electron chi connectivity index (χ4n) is 7.45. The number of amides is 3. The van der Waals surface area contributed by atoms with E-state index in [1.165, 1.54) is 0 Å². The lowest BCUT2D eigenvalue weighted by Gasteiger charge is -2.41. The van der Waals surface area contributed by atoms with Gasteiger partial charge in [-0.2, -0.15) is 0 Å². The van der Waals surface area contributed by atoms with Crippen LogP contribution in [0.25, 0.3) is 0 Å². The Balaban J connectivity index is 1.68. The van der Waals surface area contributed by atoms with Crippen molar-refractivity contribution in [3.63, 3.8) is 0 Å². The number of ether oxygens (including phenoxy) is 2. The Morgan fingerprint density at radius 2 is 1.96 bits per heavy atom. The van der Waals surface area contributed by atoms with E-state index >= 15 is 0 Å². The molecule has 2 bridgehead atoms. The number of nitrogens with one attached hydrogen (secondary N) is 1. The van der Waals surface area contributed by atoms with E-state index in [0.717, 1.165) is 18.4 Å². The smallest absolute Gasteiger partial charge is 0.306 e. The number of allylic oxidation sites excluding steroid dienone is 1. The van der Waals surface area contributed by atoms with Crippen LogP contribution in [0, 0.1) is 17.8 Å². The Hall–Kier alpha value is -3.50. The minimum Gasteiger partial charge on any atom is -0.463 e. The van der Waals surface area contributed by atoms with Crippen molar-refractivity contribution < 1.29 is 33.8 Å². The highest BCUT2D eigenvalue weighted by molar-refractivity contribution is 5.99. The van der Waals surface area contributed by atoms with Crippen molar-refractivity contribution in [1.82, 2.24) is 15.1 Å². The summed E-state index contributed by atoms with van der Waals surface area (Å²) in [6, 6.07) is 7.02. The van der Waals surface area contributed by atoms with Crippen LogP contribution in [0.1, 0.15) is 77.3 Å². The number of hydrogen-bond donors (Lipinski definition) is 2. The monoisotopic (exact) mass is 637 g/mol. The molecule has 8 atom stereocenters. The molecular formula is C36H51N3O7. The largest absolute Gasteiger partial charge is 0.463 e. The molecule has 1 aromatic rings. The van der Waals surface area contributed by atoms with Gasteiger partial charge in [0.2, 0.25) is 17.7 Å². The zero-order chi connectivity index (χ0) is 33.4. The number of aliphatic hydroxyl groups excluding tert-OH is 1. The van der Waals surface area contributed by atoms with Crippen molar-refractivity contribution in [1.29, 1.82) is 0 Å². The lowest BCUT2D eigenvalue weighted by Crippen LogP contribution is -2.59. The van der Waals surface area contributed by atoms with Gasteiger partial charge < -0.3 is 29.7 Å². The van der Waals surface area contributed by atoms with Gasteiger partial charge in [0.25, 0.3) is 0 Å². The quantitative estimate of drug-likeness (QED) is 0.185. The summed E-state index contributed by atoms with van der Waals surface area (Å²) in [5, 5.41) is 13.7. The maximum atomic E-state index is 14.6. The molecule has 46 heavy (non-hydrogen) atoms. The van der Waals surface area contributed by atoms with Gasteiger partial charge in [-0.05, 0) is 37.2 Å². The van der Waals surface area contributed by atoms with Crippen LogP contribution in [0.3, 0.4) is 0 Å². The second kappa shape index (κ2) is 15.9. The summed E-state index contributed by atoms with van der Waals surface area (Å²) in [6.45, 7) is 13.9. The van der Waals surface area contributed by atoms with Gasteiger partial charge in [-0.1, -0.05) is 76.1 Å². The molecule has 3 amide bonds. The van der Waals surface area contributed by atoms with Crippen molar-refractivity contribution in [2.75, 3.05) is 26.3 Å². The number of esters is 1. The molecule has 2 N–H and O–H groups in total. The lowest BCUT2D eigenvalue weighted by molar-refractivity contribution is -0.152. The van der Waals surface area contributed by atoms with Gasteiger partial charge in [0, 0.05) is 19.5 Å². The summed E-state index contributed by atoms with van der Waals surface area (Å²) in [4.78, 5) is 58.9. The summed E-state index contributed by atoms with van der Waals surface area (Å²) in [6.07, 6.45) is 6.81. The Bertz CT molecular complexity index is 1260. The van der Waals surface area contributed by atoms with Crippen LogP contribution in [-0.2, 0) is 28.7 Å². The number of rotatable bonds is 18. The van der Waals surface area contributed by atoms with Crippen molar-refractivity contribution in [2.45, 2.75) is 95.5 Å². The predicted molar refractivity (Wildman–Crippen MR) is 174 cm³/mol. The van der Waals surface area contributed by atoms with Gasteiger partial charge in [0.1, 0.15) is 18.2 Å². The van der Waals surface area contributed by atoms with Crippen LogP contribution < -0.4 is 5.32 Å². The molecule has 10 heteroatoms. The van der Waals surface area contributed by atoms with Gasteiger partial charge in [-0.25, -0.2) is 0 Å². The first-order chi connectivity index (χ1) is 22.2. The predicted octanol–water partition coefficient (Wildman–Crippen LogP) is 3.95. The van der Waals surface area contributed by atoms with E-state index in [9.17, 15) is 24.3 Å². The number of carbonyl (C=O) groups is 4. The molecule has 1 spiro atoms. The standard InChI is InChI=1S/C36H51N3O7/c1-6-10-17-29(41)45-23-26(25-15-13-12-14-16-25)37-33(42)30-28-18-19-36(46-28)31(30)34(43)39(27(22-40)24(5)9-4)32(36)35(44)38(20-8-3)21-11-7-2/h6,8,12-16,24,26-28,30-32,40H,1,3,7,9-11,17-23H2,2,4-5H3,(H,37,42)/t24-,26-,27-,28+,30-,31-,32+,36-/m0/s1. The zero-order valence-electron chi connectivity index (χ0n) is 27.6. The minimum absolute atomic E-state index is 0.0739. The fourth-order valence-corrected chi connectivity index (χ4v) is 7.45. The molecule has 0 aliphatic carbocycles. The van der Waals surface area contributed by atoms with E-state index in [1.807, 2.05) is 44.2 Å². The number of hydrogen-bond acceptors (Lipinski definition) is 7. The first kappa shape index (κ1) is 35.4. The Morgan fingerprint density at radius 3 is 2.59 bits per heavy atom. The highest BCUT2D eigenvalue weighted by atomic mass is 16.5. The van der Waals surface area contributed by atoms with Crippen molar-refractivity contribution in [3.05, 3.63) is 61.2 Å². The van der Waals surface area contributed by atoms with E-state index < -0.39 is 47.6 Å². The molecule has 0 aromatic heterocycles. The molecule has 252 valence electrons. The normalized spacial score (nSPS) is 26.6. The number of benzene rings is 1. The Labute approximate surface area is 273 Å². The first-order valence-corrected chi connectivity index (χ1v) is 16.8. The summed E-state index contributed by atoms with van der Waals surface area (Å²) in [7, 11) is 0. The average Bonchev–Trinajstić information content (AvgIpc) is 3.71. The molecule has 0 saturated carbocycles. The zero-order valence-corrected chi connectivity index (χ0v) is 27.6. The van der Waals surface area contributed by atoms with Crippen molar-refractivity contribution in [2.24, 2.45) is 17.8 Å². The molecule has 10 nitrogen and oxygen atoms in total. The molecule has 4 rings (SSSR count). The van der Waals surface area contributed by atoms with Crippen LogP contribution in [-0.4, -0.2) is 88.7 Å². The van der Waals surface area contributed by atoms with Gasteiger partial charge in [-0.3, -0.25) is 19.2 Å². The van der Waals surface area contributed by atoms with E-state index in [2.05, 4.69) is 25.4 Å². The second-order valence-electron chi connectivity index (χ2n) is 12.8. The van der Waals surface area contributed by atoms with Crippen molar-refractivity contribution in [3.8, 4) is 0 Å². The van der Waals surface area contributed by atoms with Gasteiger partial charge >= 0.3 is 5.97 Å². The van der Waals surface area contributed by atoms with Crippen molar-refractivity contribution >= 4 is 23.7 Å². The highest BCUT2D eigenvalue weighted by Gasteiger charge is 2.75. The molecule has 3 aliphatic heterocycles. The first-order valence-electron chi connectivity index (χ1n) is 16.8. The number of nitrogens with zero attached hydrogens (tertiary/aromatic N) is 2. The van der Waals surface area contributed by atoms with E-state index in [4.69, 9.17) is 9.47 Å². The molecule has 0 unspecified atom stereocenters. The van der Waals surface area contributed by atoms with Crippen LogP contribution in [0.4, 0.5) is 0 Å². The van der Waals surface area contributed by atoms with Crippen LogP contribution >= 0.6 is 0 Å². The molecule has 3 saturated heterocycles. The number of unbranched alkanes of at least 4 members (excludes halogenated alkanes) is 1. The number of carbonyl (C=O) groups excluding carboxylic acids is 4. The Kier molecular flexibility index (Phi) is 12.2. The maximum absolute atomic E-state index is 14.6. The minimum atomic E-state index is -1.19. The second-order valence-corrected chi connectivity index (χ2v) is 12.8. The Morgan fingerprint density at radius 1 is 1.22 bits per heavy atom. The average molecular weight is 638 g/mol. The van der Waals surface area contributed by atoms with Gasteiger partial charge in [0.15, 0.2) is 0 Å². The third-order valence-corrected chi connectivity index (χ3v) is 10.0. The summed E-state index contributed by atoms with van der Waals surface area (Å²) >= 11 is 0. The lowest BCUT2D eigenvalue weighted by atomic mass is 9.70. The SMILES string of the molecule is C=CCCC(=O)OC[C@H](NC(=O)[C@@H]1[C@H]2C(=O)N([C@@H](CO)[C@@H](C)CC)[C@H](C(=O)N(CC=C)CCCC)[C@]23CC[C@H]1O3)c1ccccc1. The summed E-state index contributed by atoms with van der Waals surface area (Å²) in [5.74, 6) is -3.17. The topological polar surface area (TPSA) is 125 Å². The molecule has 3 fully saturated rings. The van der Waals surface area contributed by atoms with E-state index in [1.54, 1.807) is 22.0 Å². The number of likely N-dealkylation sites (tertiary alicyclic amines) is 1. The van der Waals surface area contributed by atoms with Crippen LogP contribution in [0.2, 0.25) is 0 Å². The van der Waals surface area contributed by atoms with E-state index in [0.29, 0.717) is 38.8 Å². The molecule has 3 aliphatic rings. The molecule has 1 aromatic carbocycles. The fraction of sp³-hybridized carbons (Fsp3) is 0.611. The van der Waals surface area contributed by atoms with E-state index in [-0.39, 0.29) is 43.3 Å². The number of fused-ring (bicyclic) bond motifs is 1. The maximum Gasteiger partial charge on any atom is 0.306 e. The molecular weight excluding hydrogens is 586 g/mol. The third-order valence-electron chi connectivity index (χ3n) is 10.0.